The molecule has 134 valence electrons. The molecule has 24 heavy (non-hydrogen) atoms. The molecular weight excluding hydrogens is 302 g/mol. The van der Waals surface area contributed by atoms with Gasteiger partial charge in [-0.3, -0.25) is 14.6 Å². The molecule has 1 aliphatic rings. The Bertz CT molecular complexity index is 556. The van der Waals surface area contributed by atoms with Gasteiger partial charge < -0.3 is 10.5 Å². The quantitative estimate of drug-likeness (QED) is 0.678. The van der Waals surface area contributed by atoms with Gasteiger partial charge >= 0.3 is 5.97 Å². The van der Waals surface area contributed by atoms with Crippen molar-refractivity contribution in [1.29, 1.82) is 0 Å². The second kappa shape index (κ2) is 7.53. The largest absolute Gasteiger partial charge is 0.459 e. The van der Waals surface area contributed by atoms with Gasteiger partial charge in [0, 0.05) is 37.4 Å². The molecule has 2 N–H and O–H groups in total. The number of esters is 1. The Morgan fingerprint density at radius 2 is 1.88 bits per heavy atom. The first kappa shape index (κ1) is 18.7. The monoisotopic (exact) mass is 333 g/mol. The summed E-state index contributed by atoms with van der Waals surface area (Å²) in [5.74, 6) is -0.147. The standard InChI is InChI=1S/C19H31N3O2/c1-14-10-21(13-18(23)24-19(3,4)5)11-15(2)22(14)12-16-7-6-8-17(20)9-16/h6-9,14-15H,10-13,20H2,1-5H3. The first-order chi connectivity index (χ1) is 11.1. The minimum atomic E-state index is -0.427. The van der Waals surface area contributed by atoms with Crippen LogP contribution in [0.15, 0.2) is 24.3 Å². The zero-order chi connectivity index (χ0) is 17.9. The lowest BCUT2D eigenvalue weighted by Crippen LogP contribution is -2.57. The van der Waals surface area contributed by atoms with Gasteiger partial charge in [-0.1, -0.05) is 12.1 Å². The second-order valence-corrected chi connectivity index (χ2v) is 7.90. The van der Waals surface area contributed by atoms with Gasteiger partial charge in [0.2, 0.25) is 0 Å². The van der Waals surface area contributed by atoms with Gasteiger partial charge in [0.1, 0.15) is 5.60 Å². The van der Waals surface area contributed by atoms with Crippen molar-refractivity contribution in [2.24, 2.45) is 0 Å². The minimum absolute atomic E-state index is 0.147. The number of nitrogen functional groups attached to an aromatic ring is 1. The molecule has 5 heteroatoms. The third-order valence-electron chi connectivity index (χ3n) is 4.27. The summed E-state index contributed by atoms with van der Waals surface area (Å²) < 4.78 is 5.44. The number of carbonyl (C=O) groups is 1. The zero-order valence-corrected chi connectivity index (χ0v) is 15.6. The number of nitrogens with zero attached hydrogens (tertiary/aromatic N) is 2. The van der Waals surface area contributed by atoms with Crippen LogP contribution in [0.5, 0.6) is 0 Å². The van der Waals surface area contributed by atoms with Crippen molar-refractivity contribution in [1.82, 2.24) is 9.80 Å². The van der Waals surface area contributed by atoms with Crippen LogP contribution in [0.4, 0.5) is 5.69 Å². The van der Waals surface area contributed by atoms with Crippen LogP contribution in [-0.4, -0.2) is 53.1 Å². The van der Waals surface area contributed by atoms with Gasteiger partial charge in [0.15, 0.2) is 0 Å². The fraction of sp³-hybridized carbons (Fsp3) is 0.632. The predicted octanol–water partition coefficient (Wildman–Crippen LogP) is 2.51. The summed E-state index contributed by atoms with van der Waals surface area (Å²) in [6, 6.07) is 8.80. The van der Waals surface area contributed by atoms with E-state index < -0.39 is 5.60 Å². The predicted molar refractivity (Wildman–Crippen MR) is 97.6 cm³/mol. The van der Waals surface area contributed by atoms with Gasteiger partial charge in [-0.05, 0) is 52.3 Å². The van der Waals surface area contributed by atoms with Crippen LogP contribution in [-0.2, 0) is 16.1 Å². The highest BCUT2D eigenvalue weighted by Crippen LogP contribution is 2.20. The van der Waals surface area contributed by atoms with E-state index in [9.17, 15) is 4.79 Å². The average Bonchev–Trinajstić information content (AvgIpc) is 2.40. The molecule has 0 aliphatic carbocycles. The van der Waals surface area contributed by atoms with Crippen LogP contribution in [0.2, 0.25) is 0 Å². The summed E-state index contributed by atoms with van der Waals surface area (Å²) in [4.78, 5) is 16.7. The Hall–Kier alpha value is -1.59. The lowest BCUT2D eigenvalue weighted by atomic mass is 10.1. The molecule has 1 aromatic carbocycles. The molecule has 1 fully saturated rings. The highest BCUT2D eigenvalue weighted by molar-refractivity contribution is 5.72. The van der Waals surface area contributed by atoms with Crippen LogP contribution < -0.4 is 5.73 Å². The summed E-state index contributed by atoms with van der Waals surface area (Å²) in [5.41, 5.74) is 7.49. The maximum Gasteiger partial charge on any atom is 0.320 e. The summed E-state index contributed by atoms with van der Waals surface area (Å²) in [5, 5.41) is 0. The van der Waals surface area contributed by atoms with E-state index in [1.807, 2.05) is 39.0 Å². The van der Waals surface area contributed by atoms with Gasteiger partial charge in [0.25, 0.3) is 0 Å². The zero-order valence-electron chi connectivity index (χ0n) is 15.6. The molecule has 0 saturated carbocycles. The number of carbonyl (C=O) groups excluding carboxylic acids is 1. The molecule has 0 aromatic heterocycles. The Balaban J connectivity index is 1.93. The number of piperazine rings is 1. The minimum Gasteiger partial charge on any atom is -0.459 e. The number of rotatable bonds is 4. The van der Waals surface area contributed by atoms with Crippen molar-refractivity contribution >= 4 is 11.7 Å². The maximum absolute atomic E-state index is 12.1. The average molecular weight is 333 g/mol. The Labute approximate surface area is 145 Å². The molecule has 1 saturated heterocycles. The van der Waals surface area contributed by atoms with Crippen LogP contribution in [0, 0.1) is 0 Å². The third kappa shape index (κ3) is 5.49. The molecule has 0 amide bonds. The normalized spacial score (nSPS) is 23.2. The molecule has 1 aromatic rings. The summed E-state index contributed by atoms with van der Waals surface area (Å²) in [7, 11) is 0. The van der Waals surface area contributed by atoms with Gasteiger partial charge in [-0.2, -0.15) is 0 Å². The Morgan fingerprint density at radius 1 is 1.25 bits per heavy atom. The smallest absolute Gasteiger partial charge is 0.320 e. The fourth-order valence-corrected chi connectivity index (χ4v) is 3.37. The second-order valence-electron chi connectivity index (χ2n) is 7.90. The summed E-state index contributed by atoms with van der Waals surface area (Å²) in [6.45, 7) is 13.1. The summed E-state index contributed by atoms with van der Waals surface area (Å²) in [6.07, 6.45) is 0. The van der Waals surface area contributed by atoms with Crippen LogP contribution >= 0.6 is 0 Å². The number of ether oxygens (including phenoxy) is 1. The van der Waals surface area contributed by atoms with Crippen LogP contribution in [0.1, 0.15) is 40.2 Å². The van der Waals surface area contributed by atoms with E-state index in [1.54, 1.807) is 0 Å². The molecule has 1 aliphatic heterocycles. The summed E-state index contributed by atoms with van der Waals surface area (Å²) >= 11 is 0. The number of benzene rings is 1. The Morgan fingerprint density at radius 3 is 2.42 bits per heavy atom. The SMILES string of the molecule is CC1CN(CC(=O)OC(C)(C)C)CC(C)N1Cc1cccc(N)c1. The van der Waals surface area contributed by atoms with E-state index >= 15 is 0 Å². The van der Waals surface area contributed by atoms with Crippen molar-refractivity contribution < 1.29 is 9.53 Å². The molecule has 2 unspecified atom stereocenters. The van der Waals surface area contributed by atoms with Gasteiger partial charge in [-0.15, -0.1) is 0 Å². The van der Waals surface area contributed by atoms with Crippen molar-refractivity contribution in [3.63, 3.8) is 0 Å². The van der Waals surface area contributed by atoms with Crippen LogP contribution in [0.25, 0.3) is 0 Å². The highest BCUT2D eigenvalue weighted by Gasteiger charge is 2.31. The number of hydrogen-bond acceptors (Lipinski definition) is 5. The van der Waals surface area contributed by atoms with Crippen molar-refractivity contribution in [3.8, 4) is 0 Å². The van der Waals surface area contributed by atoms with E-state index in [4.69, 9.17) is 10.5 Å². The first-order valence-electron chi connectivity index (χ1n) is 8.68. The van der Waals surface area contributed by atoms with E-state index in [2.05, 4.69) is 29.7 Å². The lowest BCUT2D eigenvalue weighted by molar-refractivity contribution is -0.157. The van der Waals surface area contributed by atoms with Crippen molar-refractivity contribution in [3.05, 3.63) is 29.8 Å². The van der Waals surface area contributed by atoms with E-state index in [0.29, 0.717) is 18.6 Å². The van der Waals surface area contributed by atoms with E-state index in [1.165, 1.54) is 5.56 Å². The first-order valence-corrected chi connectivity index (χ1v) is 8.68. The van der Waals surface area contributed by atoms with Gasteiger partial charge in [0.05, 0.1) is 6.54 Å². The van der Waals surface area contributed by atoms with Crippen molar-refractivity contribution in [2.45, 2.75) is 58.8 Å². The van der Waals surface area contributed by atoms with E-state index in [0.717, 1.165) is 25.3 Å². The van der Waals surface area contributed by atoms with E-state index in [-0.39, 0.29) is 5.97 Å². The van der Waals surface area contributed by atoms with Crippen molar-refractivity contribution in [2.75, 3.05) is 25.4 Å². The molecule has 5 nitrogen and oxygen atoms in total. The molecular formula is C19H31N3O2. The Kier molecular flexibility index (Phi) is 5.88. The third-order valence-corrected chi connectivity index (χ3v) is 4.27. The topological polar surface area (TPSA) is 58.8 Å². The fourth-order valence-electron chi connectivity index (χ4n) is 3.37. The molecule has 0 bridgehead atoms. The number of anilines is 1. The molecule has 0 radical (unpaired) electrons. The molecule has 2 atom stereocenters. The highest BCUT2D eigenvalue weighted by atomic mass is 16.6. The number of hydrogen-bond donors (Lipinski definition) is 1. The molecule has 2 rings (SSSR count). The number of nitrogens with two attached hydrogens (primary N) is 1. The maximum atomic E-state index is 12.1. The lowest BCUT2D eigenvalue weighted by Gasteiger charge is -2.44. The molecule has 0 spiro atoms. The van der Waals surface area contributed by atoms with Crippen LogP contribution in [0.3, 0.4) is 0 Å². The molecule has 1 heterocycles. The van der Waals surface area contributed by atoms with Gasteiger partial charge in [-0.25, -0.2) is 0 Å².